The molecule has 106 valence electrons. The molecule has 0 bridgehead atoms. The summed E-state index contributed by atoms with van der Waals surface area (Å²) in [5.74, 6) is 1.69. The van der Waals surface area contributed by atoms with E-state index >= 15 is 0 Å². The lowest BCUT2D eigenvalue weighted by Gasteiger charge is -2.28. The second-order valence-corrected chi connectivity index (χ2v) is 5.44. The summed E-state index contributed by atoms with van der Waals surface area (Å²) in [5.41, 5.74) is 0. The van der Waals surface area contributed by atoms with Crippen LogP contribution in [0.3, 0.4) is 0 Å². The maximum atomic E-state index is 4.73. The third-order valence-corrected chi connectivity index (χ3v) is 3.57. The molecule has 1 heterocycles. The van der Waals surface area contributed by atoms with Gasteiger partial charge in [0, 0.05) is 25.7 Å². The van der Waals surface area contributed by atoms with Gasteiger partial charge in [-0.05, 0) is 52.6 Å². The Hall–Kier alpha value is -0.770. The molecule has 0 aromatic heterocycles. The Kier molecular flexibility index (Phi) is 7.09. The molecule has 0 aliphatic carbocycles. The molecule has 0 aromatic carbocycles. The number of hydrogen-bond acceptors (Lipinski definition) is 2. The molecule has 0 spiro atoms. The fourth-order valence-electron chi connectivity index (χ4n) is 2.30. The Bertz CT molecular complexity index is 252. The van der Waals surface area contributed by atoms with Crippen LogP contribution in [-0.2, 0) is 0 Å². The van der Waals surface area contributed by atoms with Gasteiger partial charge >= 0.3 is 0 Å². The molecule has 2 atom stereocenters. The van der Waals surface area contributed by atoms with Crippen LogP contribution in [0.25, 0.3) is 0 Å². The molecule has 4 heteroatoms. The van der Waals surface area contributed by atoms with E-state index in [1.54, 1.807) is 0 Å². The van der Waals surface area contributed by atoms with Crippen molar-refractivity contribution in [2.45, 2.75) is 46.1 Å². The van der Waals surface area contributed by atoms with Gasteiger partial charge in [0.25, 0.3) is 0 Å². The van der Waals surface area contributed by atoms with Gasteiger partial charge in [-0.25, -0.2) is 0 Å². The Morgan fingerprint density at radius 3 is 2.83 bits per heavy atom. The smallest absolute Gasteiger partial charge is 0.191 e. The van der Waals surface area contributed by atoms with Crippen molar-refractivity contribution in [3.8, 4) is 0 Å². The summed E-state index contributed by atoms with van der Waals surface area (Å²) < 4.78 is 0. The molecule has 2 N–H and O–H groups in total. The van der Waals surface area contributed by atoms with Crippen molar-refractivity contribution in [3.05, 3.63) is 0 Å². The van der Waals surface area contributed by atoms with Gasteiger partial charge in [0.15, 0.2) is 5.96 Å². The molecule has 1 aliphatic heterocycles. The van der Waals surface area contributed by atoms with E-state index in [9.17, 15) is 0 Å². The molecule has 1 fully saturated rings. The number of nitrogens with zero attached hydrogens (tertiary/aromatic N) is 2. The van der Waals surface area contributed by atoms with Crippen LogP contribution in [-0.4, -0.2) is 50.1 Å². The topological polar surface area (TPSA) is 39.7 Å². The van der Waals surface area contributed by atoms with Gasteiger partial charge in [-0.2, -0.15) is 0 Å². The molecule has 0 saturated carbocycles. The second-order valence-electron chi connectivity index (χ2n) is 5.44. The first-order valence-corrected chi connectivity index (χ1v) is 7.39. The lowest BCUT2D eigenvalue weighted by molar-refractivity contribution is 0.214. The second kappa shape index (κ2) is 8.35. The lowest BCUT2D eigenvalue weighted by atomic mass is 9.99. The molecule has 1 saturated heterocycles. The fourth-order valence-corrected chi connectivity index (χ4v) is 2.30. The summed E-state index contributed by atoms with van der Waals surface area (Å²) in [6, 6.07) is 0.483. The highest BCUT2D eigenvalue weighted by Crippen LogP contribution is 2.14. The monoisotopic (exact) mass is 254 g/mol. The summed E-state index contributed by atoms with van der Waals surface area (Å²) in [7, 11) is 2.21. The Morgan fingerprint density at radius 1 is 1.44 bits per heavy atom. The van der Waals surface area contributed by atoms with Gasteiger partial charge in [0.2, 0.25) is 0 Å². The van der Waals surface area contributed by atoms with E-state index in [2.05, 4.69) is 43.4 Å². The summed E-state index contributed by atoms with van der Waals surface area (Å²) in [6.07, 6.45) is 3.75. The number of aliphatic imine (C=N–C) groups is 1. The van der Waals surface area contributed by atoms with E-state index in [0.29, 0.717) is 6.04 Å². The number of rotatable bonds is 5. The van der Waals surface area contributed by atoms with E-state index in [1.165, 1.54) is 25.9 Å². The molecule has 0 amide bonds. The molecule has 0 radical (unpaired) electrons. The number of likely N-dealkylation sites (tertiary alicyclic amines) is 1. The predicted octanol–water partition coefficient (Wildman–Crippen LogP) is 1.68. The van der Waals surface area contributed by atoms with Gasteiger partial charge in [0.05, 0.1) is 0 Å². The van der Waals surface area contributed by atoms with Crippen LogP contribution in [0.1, 0.15) is 40.0 Å². The molecular formula is C14H30N4. The van der Waals surface area contributed by atoms with Crippen LogP contribution in [0.2, 0.25) is 0 Å². The standard InChI is InChI=1S/C14H30N4/c1-5-12(3)17-14(15-6-2)16-10-13-8-7-9-18(4)11-13/h12-13H,5-11H2,1-4H3,(H2,15,16,17). The van der Waals surface area contributed by atoms with Crippen LogP contribution in [0.15, 0.2) is 4.99 Å². The third kappa shape index (κ3) is 5.71. The Balaban J connectivity index is 2.43. The maximum absolute atomic E-state index is 4.73. The van der Waals surface area contributed by atoms with Crippen molar-refractivity contribution in [2.75, 3.05) is 33.2 Å². The molecule has 0 aromatic rings. The predicted molar refractivity (Wildman–Crippen MR) is 79.1 cm³/mol. The number of hydrogen-bond donors (Lipinski definition) is 2. The van der Waals surface area contributed by atoms with Gasteiger partial charge in [-0.15, -0.1) is 0 Å². The van der Waals surface area contributed by atoms with Crippen molar-refractivity contribution < 1.29 is 0 Å². The largest absolute Gasteiger partial charge is 0.357 e. The minimum Gasteiger partial charge on any atom is -0.357 e. The average Bonchev–Trinajstić information content (AvgIpc) is 2.36. The van der Waals surface area contributed by atoms with Crippen molar-refractivity contribution in [3.63, 3.8) is 0 Å². The van der Waals surface area contributed by atoms with Crippen molar-refractivity contribution >= 4 is 5.96 Å². The molecule has 18 heavy (non-hydrogen) atoms. The summed E-state index contributed by atoms with van der Waals surface area (Å²) in [5, 5.41) is 6.77. The normalized spacial score (nSPS) is 23.8. The van der Waals surface area contributed by atoms with Gasteiger partial charge in [-0.3, -0.25) is 4.99 Å². The zero-order valence-electron chi connectivity index (χ0n) is 12.5. The maximum Gasteiger partial charge on any atom is 0.191 e. The first-order chi connectivity index (χ1) is 8.65. The molecular weight excluding hydrogens is 224 g/mol. The first-order valence-electron chi connectivity index (χ1n) is 7.39. The minimum absolute atomic E-state index is 0.483. The van der Waals surface area contributed by atoms with Gasteiger partial charge in [0.1, 0.15) is 0 Å². The van der Waals surface area contributed by atoms with E-state index in [0.717, 1.165) is 31.4 Å². The number of piperidine rings is 1. The Labute approximate surface area is 112 Å². The van der Waals surface area contributed by atoms with Crippen LogP contribution in [0.4, 0.5) is 0 Å². The lowest BCUT2D eigenvalue weighted by Crippen LogP contribution is -2.42. The zero-order chi connectivity index (χ0) is 13.4. The summed E-state index contributed by atoms with van der Waals surface area (Å²) in [4.78, 5) is 7.14. The number of nitrogens with one attached hydrogen (secondary N) is 2. The molecule has 1 aliphatic rings. The van der Waals surface area contributed by atoms with Gasteiger partial charge in [-0.1, -0.05) is 6.92 Å². The molecule has 4 nitrogen and oxygen atoms in total. The van der Waals surface area contributed by atoms with Gasteiger partial charge < -0.3 is 15.5 Å². The minimum atomic E-state index is 0.483. The van der Waals surface area contributed by atoms with Crippen molar-refractivity contribution in [1.29, 1.82) is 0 Å². The van der Waals surface area contributed by atoms with E-state index in [-0.39, 0.29) is 0 Å². The van der Waals surface area contributed by atoms with Crippen LogP contribution in [0.5, 0.6) is 0 Å². The first kappa shape index (κ1) is 15.3. The van der Waals surface area contributed by atoms with Crippen molar-refractivity contribution in [1.82, 2.24) is 15.5 Å². The third-order valence-electron chi connectivity index (χ3n) is 3.57. The highest BCUT2D eigenvalue weighted by atomic mass is 15.2. The number of guanidine groups is 1. The molecule has 1 rings (SSSR count). The SMILES string of the molecule is CCNC(=NCC1CCCN(C)C1)NC(C)CC. The average molecular weight is 254 g/mol. The van der Waals surface area contributed by atoms with Crippen LogP contribution < -0.4 is 10.6 Å². The zero-order valence-corrected chi connectivity index (χ0v) is 12.5. The van der Waals surface area contributed by atoms with E-state index in [1.807, 2.05) is 0 Å². The highest BCUT2D eigenvalue weighted by molar-refractivity contribution is 5.80. The Morgan fingerprint density at radius 2 is 2.22 bits per heavy atom. The van der Waals surface area contributed by atoms with E-state index in [4.69, 9.17) is 4.99 Å². The van der Waals surface area contributed by atoms with Crippen LogP contribution >= 0.6 is 0 Å². The fraction of sp³-hybridized carbons (Fsp3) is 0.929. The summed E-state index contributed by atoms with van der Waals surface area (Å²) in [6.45, 7) is 10.8. The van der Waals surface area contributed by atoms with E-state index < -0.39 is 0 Å². The molecule has 2 unspecified atom stereocenters. The van der Waals surface area contributed by atoms with Crippen molar-refractivity contribution in [2.24, 2.45) is 10.9 Å². The van der Waals surface area contributed by atoms with Crippen LogP contribution in [0, 0.1) is 5.92 Å². The quantitative estimate of drug-likeness (QED) is 0.579. The summed E-state index contributed by atoms with van der Waals surface area (Å²) >= 11 is 0. The highest BCUT2D eigenvalue weighted by Gasteiger charge is 2.16.